The Morgan fingerprint density at radius 3 is 2.72 bits per heavy atom. The molecule has 2 rings (SSSR count). The number of methoxy groups -OCH3 is 1. The van der Waals surface area contributed by atoms with Gasteiger partial charge in [0.1, 0.15) is 5.54 Å². The number of carbonyl (C=O) groups excluding carboxylic acids is 1. The normalized spacial score (nSPS) is 34.7. The van der Waals surface area contributed by atoms with Crippen molar-refractivity contribution in [2.75, 3.05) is 20.3 Å². The van der Waals surface area contributed by atoms with Crippen molar-refractivity contribution in [1.82, 2.24) is 5.32 Å². The number of hydrogen-bond donors (Lipinski definition) is 1. The molecule has 1 saturated carbocycles. The molecule has 1 aliphatic carbocycles. The molecule has 4 heteroatoms. The van der Waals surface area contributed by atoms with Crippen LogP contribution >= 0.6 is 0 Å². The third-order valence-corrected chi connectivity index (χ3v) is 4.28. The van der Waals surface area contributed by atoms with E-state index in [1.54, 1.807) is 0 Å². The van der Waals surface area contributed by atoms with Crippen molar-refractivity contribution >= 4 is 5.97 Å². The lowest BCUT2D eigenvalue weighted by Crippen LogP contribution is -2.53. The molecule has 1 saturated heterocycles. The second kappa shape index (κ2) is 5.17. The first-order chi connectivity index (χ1) is 8.47. The molecular weight excluding hydrogens is 230 g/mol. The fourth-order valence-electron chi connectivity index (χ4n) is 3.25. The molecule has 2 atom stereocenters. The van der Waals surface area contributed by atoms with Crippen LogP contribution in [0.25, 0.3) is 0 Å². The summed E-state index contributed by atoms with van der Waals surface area (Å²) in [4.78, 5) is 12.1. The zero-order chi connectivity index (χ0) is 13.2. The summed E-state index contributed by atoms with van der Waals surface area (Å²) in [7, 11) is 1.48. The van der Waals surface area contributed by atoms with E-state index in [9.17, 15) is 4.79 Å². The Balaban J connectivity index is 1.99. The van der Waals surface area contributed by atoms with Gasteiger partial charge in [-0.05, 0) is 37.5 Å². The van der Waals surface area contributed by atoms with E-state index in [-0.39, 0.29) is 17.5 Å². The molecule has 2 unspecified atom stereocenters. The third kappa shape index (κ3) is 2.86. The van der Waals surface area contributed by atoms with Crippen molar-refractivity contribution in [1.29, 1.82) is 0 Å². The van der Waals surface area contributed by atoms with Gasteiger partial charge in [0.25, 0.3) is 0 Å². The highest BCUT2D eigenvalue weighted by atomic mass is 16.5. The van der Waals surface area contributed by atoms with Gasteiger partial charge in [-0.15, -0.1) is 0 Å². The molecule has 2 fully saturated rings. The van der Waals surface area contributed by atoms with Gasteiger partial charge < -0.3 is 9.47 Å². The lowest BCUT2D eigenvalue weighted by molar-refractivity contribution is -0.149. The summed E-state index contributed by atoms with van der Waals surface area (Å²) in [5.74, 6) is -0.119. The van der Waals surface area contributed by atoms with Crippen molar-refractivity contribution in [2.24, 2.45) is 5.41 Å². The Kier molecular flexibility index (Phi) is 3.97. The van der Waals surface area contributed by atoms with Gasteiger partial charge in [0, 0.05) is 13.2 Å². The van der Waals surface area contributed by atoms with Gasteiger partial charge >= 0.3 is 5.97 Å². The van der Waals surface area contributed by atoms with E-state index in [0.717, 1.165) is 45.3 Å². The van der Waals surface area contributed by atoms with Crippen LogP contribution in [0.3, 0.4) is 0 Å². The van der Waals surface area contributed by atoms with Crippen molar-refractivity contribution in [2.45, 2.75) is 57.6 Å². The predicted molar refractivity (Wildman–Crippen MR) is 69.4 cm³/mol. The average molecular weight is 255 g/mol. The van der Waals surface area contributed by atoms with Crippen molar-refractivity contribution < 1.29 is 14.3 Å². The molecule has 1 heterocycles. The number of hydrogen-bond acceptors (Lipinski definition) is 4. The second-order valence-electron chi connectivity index (χ2n) is 6.43. The van der Waals surface area contributed by atoms with E-state index < -0.39 is 5.54 Å². The number of esters is 1. The Morgan fingerprint density at radius 1 is 1.44 bits per heavy atom. The summed E-state index contributed by atoms with van der Waals surface area (Å²) in [5, 5.41) is 3.44. The van der Waals surface area contributed by atoms with Crippen LogP contribution in [0.1, 0.15) is 46.0 Å². The van der Waals surface area contributed by atoms with Gasteiger partial charge in [0.2, 0.25) is 0 Å². The molecule has 4 nitrogen and oxygen atoms in total. The van der Waals surface area contributed by atoms with Crippen LogP contribution in [0.5, 0.6) is 0 Å². The molecule has 0 aromatic rings. The van der Waals surface area contributed by atoms with Crippen LogP contribution < -0.4 is 5.32 Å². The van der Waals surface area contributed by atoms with E-state index in [1.807, 2.05) is 0 Å². The van der Waals surface area contributed by atoms with Gasteiger partial charge in [0.15, 0.2) is 0 Å². The Labute approximate surface area is 109 Å². The van der Waals surface area contributed by atoms with Gasteiger partial charge in [-0.3, -0.25) is 10.1 Å². The largest absolute Gasteiger partial charge is 0.468 e. The van der Waals surface area contributed by atoms with Crippen LogP contribution in [0.4, 0.5) is 0 Å². The fraction of sp³-hybridized carbons (Fsp3) is 0.929. The molecule has 2 aliphatic rings. The van der Waals surface area contributed by atoms with Crippen LogP contribution in [0, 0.1) is 5.41 Å². The maximum Gasteiger partial charge on any atom is 0.326 e. The molecule has 104 valence electrons. The summed E-state index contributed by atoms with van der Waals surface area (Å²) in [6, 6.07) is 0. The molecule has 0 aromatic carbocycles. The van der Waals surface area contributed by atoms with Crippen LogP contribution in [-0.2, 0) is 14.3 Å². The summed E-state index contributed by atoms with van der Waals surface area (Å²) in [5.41, 5.74) is -0.290. The molecular formula is C14H25NO3. The van der Waals surface area contributed by atoms with Gasteiger partial charge in [-0.2, -0.15) is 0 Å². The number of rotatable bonds is 4. The summed E-state index contributed by atoms with van der Waals surface area (Å²) >= 11 is 0. The van der Waals surface area contributed by atoms with Crippen LogP contribution in [0.15, 0.2) is 0 Å². The van der Waals surface area contributed by atoms with E-state index in [2.05, 4.69) is 19.2 Å². The maximum atomic E-state index is 12.1. The molecule has 0 amide bonds. The quantitative estimate of drug-likeness (QED) is 0.779. The minimum Gasteiger partial charge on any atom is -0.468 e. The molecule has 0 radical (unpaired) electrons. The summed E-state index contributed by atoms with van der Waals surface area (Å²) in [6.07, 6.45) is 5.24. The molecule has 0 spiro atoms. The van der Waals surface area contributed by atoms with E-state index in [1.165, 1.54) is 7.11 Å². The fourth-order valence-corrected chi connectivity index (χ4v) is 3.25. The lowest BCUT2D eigenvalue weighted by Gasteiger charge is -2.30. The summed E-state index contributed by atoms with van der Waals surface area (Å²) in [6.45, 7) is 6.03. The Hall–Kier alpha value is -0.610. The van der Waals surface area contributed by atoms with Gasteiger partial charge in [-0.1, -0.05) is 13.8 Å². The highest BCUT2D eigenvalue weighted by molar-refractivity contribution is 5.81. The van der Waals surface area contributed by atoms with Gasteiger partial charge in [0.05, 0.1) is 13.2 Å². The van der Waals surface area contributed by atoms with Gasteiger partial charge in [-0.25, -0.2) is 0 Å². The maximum absolute atomic E-state index is 12.1. The average Bonchev–Trinajstić information content (AvgIpc) is 2.94. The molecule has 1 aliphatic heterocycles. The first kappa shape index (κ1) is 13.8. The first-order valence-corrected chi connectivity index (χ1v) is 6.93. The zero-order valence-corrected chi connectivity index (χ0v) is 11.8. The first-order valence-electron chi connectivity index (χ1n) is 6.93. The third-order valence-electron chi connectivity index (χ3n) is 4.28. The van der Waals surface area contributed by atoms with Crippen molar-refractivity contribution in [3.8, 4) is 0 Å². The summed E-state index contributed by atoms with van der Waals surface area (Å²) < 4.78 is 10.6. The second-order valence-corrected chi connectivity index (χ2v) is 6.43. The van der Waals surface area contributed by atoms with Crippen molar-refractivity contribution in [3.05, 3.63) is 0 Å². The lowest BCUT2D eigenvalue weighted by atomic mass is 9.87. The minimum atomic E-state index is -0.496. The zero-order valence-electron chi connectivity index (χ0n) is 11.8. The van der Waals surface area contributed by atoms with Crippen molar-refractivity contribution in [3.63, 3.8) is 0 Å². The molecule has 1 N–H and O–H groups in total. The highest BCUT2D eigenvalue weighted by Crippen LogP contribution is 2.44. The SMILES string of the molecule is COC(=O)C1(NCC2CCCO2)CCC(C)(C)C1. The Bertz CT molecular complexity index is 310. The molecule has 0 bridgehead atoms. The minimum absolute atomic E-state index is 0.119. The van der Waals surface area contributed by atoms with E-state index in [4.69, 9.17) is 9.47 Å². The number of nitrogens with one attached hydrogen (secondary N) is 1. The van der Waals surface area contributed by atoms with Crippen LogP contribution in [0.2, 0.25) is 0 Å². The van der Waals surface area contributed by atoms with Crippen LogP contribution in [-0.4, -0.2) is 37.9 Å². The number of ether oxygens (including phenoxy) is 2. The smallest absolute Gasteiger partial charge is 0.326 e. The molecule has 0 aromatic heterocycles. The Morgan fingerprint density at radius 2 is 2.22 bits per heavy atom. The molecule has 18 heavy (non-hydrogen) atoms. The standard InChI is InChI=1S/C14H25NO3/c1-13(2)6-7-14(10-13,12(16)17-3)15-9-11-5-4-8-18-11/h11,15H,4-10H2,1-3H3. The van der Waals surface area contributed by atoms with E-state index >= 15 is 0 Å². The highest BCUT2D eigenvalue weighted by Gasteiger charge is 2.49. The van der Waals surface area contributed by atoms with E-state index in [0.29, 0.717) is 0 Å². The topological polar surface area (TPSA) is 47.6 Å². The monoisotopic (exact) mass is 255 g/mol. The predicted octanol–water partition coefficient (Wildman–Crippen LogP) is 1.88. The number of carbonyl (C=O) groups is 1.